The summed E-state index contributed by atoms with van der Waals surface area (Å²) in [6, 6.07) is 12.6. The van der Waals surface area contributed by atoms with Gasteiger partial charge in [0.05, 0.1) is 25.3 Å². The van der Waals surface area contributed by atoms with E-state index in [1.54, 1.807) is 24.3 Å². The maximum atomic E-state index is 11.8. The number of carbonyl (C=O) groups excluding carboxylic acids is 2. The Kier molecular flexibility index (Phi) is 12.1. The Labute approximate surface area is 219 Å². The molecule has 7 heteroatoms. The van der Waals surface area contributed by atoms with Gasteiger partial charge in [-0.25, -0.2) is 9.59 Å². The molecule has 0 aliphatic rings. The van der Waals surface area contributed by atoms with E-state index in [1.807, 2.05) is 0 Å². The second kappa shape index (κ2) is 11.9. The fourth-order valence-corrected chi connectivity index (χ4v) is 1.66. The molecule has 0 atom stereocenters. The van der Waals surface area contributed by atoms with Crippen LogP contribution in [0.4, 0.5) is 0 Å². The van der Waals surface area contributed by atoms with Gasteiger partial charge in [0.15, 0.2) is 0 Å². The summed E-state index contributed by atoms with van der Waals surface area (Å²) < 4.78 is 14.8. The van der Waals surface area contributed by atoms with Crippen LogP contribution in [0.1, 0.15) is 20.7 Å². The van der Waals surface area contributed by atoms with Gasteiger partial charge >= 0.3 is 115 Å². The van der Waals surface area contributed by atoms with E-state index in [0.29, 0.717) is 11.5 Å². The molecule has 2 aromatic carbocycles. The van der Waals surface area contributed by atoms with E-state index >= 15 is 0 Å². The van der Waals surface area contributed by atoms with Gasteiger partial charge in [-0.3, -0.25) is 0 Å². The molecule has 2 aromatic rings. The van der Waals surface area contributed by atoms with Crippen molar-refractivity contribution in [2.75, 3.05) is 14.2 Å². The zero-order valence-corrected chi connectivity index (χ0v) is 11.7. The molecule has 23 heavy (non-hydrogen) atoms. The number of benzene rings is 2. The van der Waals surface area contributed by atoms with E-state index in [2.05, 4.69) is 0 Å². The molecule has 0 unspecified atom stereocenters. The van der Waals surface area contributed by atoms with Crippen LogP contribution in [0.25, 0.3) is 0 Å². The molecule has 112 valence electrons. The van der Waals surface area contributed by atoms with Crippen molar-refractivity contribution in [1.82, 2.24) is 0 Å². The first-order valence-corrected chi connectivity index (χ1v) is 6.18. The Bertz CT molecular complexity index is 581. The number of ether oxygens (including phenoxy) is 3. The van der Waals surface area contributed by atoms with Crippen molar-refractivity contribution >= 4 is 115 Å². The van der Waals surface area contributed by atoms with Gasteiger partial charge in [0.2, 0.25) is 0 Å². The molecule has 0 saturated carbocycles. The molecule has 0 fully saturated rings. The molecular formula is C16H16K2O5. The summed E-state index contributed by atoms with van der Waals surface area (Å²) in [7, 11) is 3.06. The van der Waals surface area contributed by atoms with Gasteiger partial charge in [0, 0.05) is 0 Å². The first kappa shape index (κ1) is 23.5. The predicted octanol–water partition coefficient (Wildman–Crippen LogP) is 1.40. The number of hydrogen-bond donors (Lipinski definition) is 0. The van der Waals surface area contributed by atoms with E-state index in [-0.39, 0.29) is 114 Å². The summed E-state index contributed by atoms with van der Waals surface area (Å²) in [5.74, 6) is -0.182. The normalized spacial score (nSPS) is 8.96. The van der Waals surface area contributed by atoms with Crippen LogP contribution in [-0.4, -0.2) is 129 Å². The number of rotatable bonds is 4. The predicted molar refractivity (Wildman–Crippen MR) is 90.0 cm³/mol. The Balaban J connectivity index is 0.00000242. The molecule has 0 aliphatic heterocycles. The third kappa shape index (κ3) is 7.07. The summed E-state index contributed by atoms with van der Waals surface area (Å²) in [6.45, 7) is 0. The second-order valence-electron chi connectivity index (χ2n) is 4.13. The Hall–Kier alpha value is 0.453. The molecule has 0 amide bonds. The molecule has 0 bridgehead atoms. The fraction of sp³-hybridized carbons (Fsp3) is 0.125. The number of carbonyl (C=O) groups is 2. The van der Waals surface area contributed by atoms with Gasteiger partial charge in [-0.1, -0.05) is 0 Å². The monoisotopic (exact) mass is 366 g/mol. The molecule has 0 N–H and O–H groups in total. The summed E-state index contributed by atoms with van der Waals surface area (Å²) in [5, 5.41) is 0. The van der Waals surface area contributed by atoms with E-state index in [0.717, 1.165) is 0 Å². The van der Waals surface area contributed by atoms with Crippen molar-refractivity contribution in [2.24, 2.45) is 0 Å². The molecule has 0 aliphatic carbocycles. The van der Waals surface area contributed by atoms with E-state index < -0.39 is 11.9 Å². The summed E-state index contributed by atoms with van der Waals surface area (Å²) in [4.78, 5) is 23.7. The molecule has 0 saturated heterocycles. The van der Waals surface area contributed by atoms with Crippen molar-refractivity contribution in [3.05, 3.63) is 59.7 Å². The maximum absolute atomic E-state index is 11.8. The Morgan fingerprint density at radius 2 is 0.957 bits per heavy atom. The van der Waals surface area contributed by atoms with E-state index in [9.17, 15) is 9.59 Å². The summed E-state index contributed by atoms with van der Waals surface area (Å²) in [5.41, 5.74) is 0.551. The summed E-state index contributed by atoms with van der Waals surface area (Å²) >= 11 is 0. The first-order valence-electron chi connectivity index (χ1n) is 6.18. The zero-order chi connectivity index (χ0) is 15.2. The average molecular weight is 366 g/mol. The SMILES string of the molecule is COc1ccc(C(=O)OC(=O)c2ccc(OC)cc2)cc1.[KH].[KH]. The van der Waals surface area contributed by atoms with Crippen LogP contribution in [0.2, 0.25) is 0 Å². The average Bonchev–Trinajstić information content (AvgIpc) is 2.55. The van der Waals surface area contributed by atoms with Crippen LogP contribution >= 0.6 is 0 Å². The Morgan fingerprint density at radius 3 is 1.22 bits per heavy atom. The van der Waals surface area contributed by atoms with Gasteiger partial charge in [-0.05, 0) is 48.5 Å². The van der Waals surface area contributed by atoms with Crippen LogP contribution in [0, 0.1) is 0 Å². The Morgan fingerprint density at radius 1 is 0.652 bits per heavy atom. The number of hydrogen-bond acceptors (Lipinski definition) is 5. The first-order chi connectivity index (χ1) is 10.1. The van der Waals surface area contributed by atoms with Crippen LogP contribution in [0.3, 0.4) is 0 Å². The standard InChI is InChI=1S/C16H14O5.2K.2H/c1-19-13-7-3-11(4-8-13)15(17)21-16(18)12-5-9-14(20-2)10-6-12;;;;/h3-10H,1-2H3;;;;. The van der Waals surface area contributed by atoms with Crippen molar-refractivity contribution in [3.8, 4) is 11.5 Å². The third-order valence-electron chi connectivity index (χ3n) is 2.84. The van der Waals surface area contributed by atoms with Crippen LogP contribution in [0.5, 0.6) is 11.5 Å². The van der Waals surface area contributed by atoms with Crippen LogP contribution in [-0.2, 0) is 4.74 Å². The third-order valence-corrected chi connectivity index (χ3v) is 2.84. The molecule has 2 rings (SSSR count). The van der Waals surface area contributed by atoms with Gasteiger partial charge in [-0.15, -0.1) is 0 Å². The van der Waals surface area contributed by atoms with E-state index in [4.69, 9.17) is 14.2 Å². The molecule has 0 aromatic heterocycles. The molecular weight excluding hydrogens is 350 g/mol. The van der Waals surface area contributed by atoms with Gasteiger partial charge in [0.25, 0.3) is 0 Å². The zero-order valence-electron chi connectivity index (χ0n) is 11.7. The quantitative estimate of drug-likeness (QED) is 0.465. The fourth-order valence-electron chi connectivity index (χ4n) is 1.66. The van der Waals surface area contributed by atoms with Crippen LogP contribution in [0.15, 0.2) is 48.5 Å². The van der Waals surface area contributed by atoms with Crippen molar-refractivity contribution in [3.63, 3.8) is 0 Å². The topological polar surface area (TPSA) is 61.8 Å². The number of esters is 2. The molecule has 0 heterocycles. The number of methoxy groups -OCH3 is 2. The molecule has 0 spiro atoms. The minimum atomic E-state index is -0.710. The van der Waals surface area contributed by atoms with Crippen molar-refractivity contribution < 1.29 is 23.8 Å². The molecule has 5 nitrogen and oxygen atoms in total. The van der Waals surface area contributed by atoms with Crippen LogP contribution < -0.4 is 9.47 Å². The minimum absolute atomic E-state index is 0. The van der Waals surface area contributed by atoms with Gasteiger partial charge < -0.3 is 14.2 Å². The second-order valence-corrected chi connectivity index (χ2v) is 4.13. The van der Waals surface area contributed by atoms with Gasteiger partial charge in [0.1, 0.15) is 11.5 Å². The van der Waals surface area contributed by atoms with Gasteiger partial charge in [-0.2, -0.15) is 0 Å². The molecule has 0 radical (unpaired) electrons. The van der Waals surface area contributed by atoms with Crippen molar-refractivity contribution in [1.29, 1.82) is 0 Å². The van der Waals surface area contributed by atoms with E-state index in [1.165, 1.54) is 38.5 Å². The summed E-state index contributed by atoms with van der Waals surface area (Å²) in [6.07, 6.45) is 0. The van der Waals surface area contributed by atoms with Crippen molar-refractivity contribution in [2.45, 2.75) is 0 Å².